The van der Waals surface area contributed by atoms with Crippen molar-refractivity contribution in [2.45, 2.75) is 37.8 Å². The molecule has 0 aromatic heterocycles. The van der Waals surface area contributed by atoms with Crippen molar-refractivity contribution in [3.05, 3.63) is 29.8 Å². The molecule has 0 aliphatic heterocycles. The Morgan fingerprint density at radius 3 is 2.39 bits per heavy atom. The van der Waals surface area contributed by atoms with Gasteiger partial charge in [0.15, 0.2) is 0 Å². The van der Waals surface area contributed by atoms with Crippen LogP contribution in [0.2, 0.25) is 0 Å². The molecule has 1 aliphatic carbocycles. The summed E-state index contributed by atoms with van der Waals surface area (Å²) in [4.78, 5) is 2.33. The lowest BCUT2D eigenvalue weighted by molar-refractivity contribution is 0.241. The van der Waals surface area contributed by atoms with Gasteiger partial charge in [0.1, 0.15) is 5.75 Å². The van der Waals surface area contributed by atoms with Crippen LogP contribution in [-0.2, 0) is 6.54 Å². The van der Waals surface area contributed by atoms with Gasteiger partial charge in [-0.3, -0.25) is 0 Å². The second-order valence-corrected chi connectivity index (χ2v) is 5.59. The van der Waals surface area contributed by atoms with Crippen molar-refractivity contribution in [2.75, 3.05) is 20.7 Å². The molecular weight excluding hydrogens is 224 g/mol. The van der Waals surface area contributed by atoms with Crippen LogP contribution in [0, 0.1) is 0 Å². The van der Waals surface area contributed by atoms with Gasteiger partial charge in [-0.15, -0.1) is 0 Å². The van der Waals surface area contributed by atoms with Gasteiger partial charge in [-0.05, 0) is 37.6 Å². The second-order valence-electron chi connectivity index (χ2n) is 5.59. The maximum Gasteiger partial charge on any atom is 0.118 e. The van der Waals surface area contributed by atoms with E-state index < -0.39 is 0 Å². The number of nitrogens with zero attached hydrogens (tertiary/aromatic N) is 1. The predicted octanol–water partition coefficient (Wildman–Crippen LogP) is 2.40. The third-order valence-corrected chi connectivity index (χ3v) is 3.80. The average molecular weight is 248 g/mol. The standard InChI is InChI=1S/C15H24N2O/c1-17(12-15(16)9-3-4-10-15)11-13-5-7-14(18-2)8-6-13/h5-8H,3-4,9-12,16H2,1-2H3. The quantitative estimate of drug-likeness (QED) is 0.869. The molecule has 0 spiro atoms. The predicted molar refractivity (Wildman–Crippen MR) is 74.7 cm³/mol. The molecule has 0 atom stereocenters. The topological polar surface area (TPSA) is 38.5 Å². The fraction of sp³-hybridized carbons (Fsp3) is 0.600. The molecule has 1 aliphatic rings. The zero-order chi connectivity index (χ0) is 13.0. The van der Waals surface area contributed by atoms with E-state index in [1.165, 1.54) is 31.2 Å². The van der Waals surface area contributed by atoms with Crippen LogP contribution in [0.25, 0.3) is 0 Å². The minimum absolute atomic E-state index is 0.0429. The van der Waals surface area contributed by atoms with E-state index in [9.17, 15) is 0 Å². The molecule has 3 heteroatoms. The molecule has 0 unspecified atom stereocenters. The van der Waals surface area contributed by atoms with E-state index >= 15 is 0 Å². The summed E-state index contributed by atoms with van der Waals surface area (Å²) in [7, 11) is 3.84. The van der Waals surface area contributed by atoms with Gasteiger partial charge in [0.05, 0.1) is 7.11 Å². The third kappa shape index (κ3) is 3.47. The number of ether oxygens (including phenoxy) is 1. The van der Waals surface area contributed by atoms with Crippen molar-refractivity contribution in [1.82, 2.24) is 4.90 Å². The SMILES string of the molecule is COc1ccc(CN(C)CC2(N)CCCC2)cc1. The maximum absolute atomic E-state index is 6.40. The number of methoxy groups -OCH3 is 1. The van der Waals surface area contributed by atoms with Gasteiger partial charge < -0.3 is 15.4 Å². The molecule has 2 rings (SSSR count). The van der Waals surface area contributed by atoms with Gasteiger partial charge in [-0.1, -0.05) is 25.0 Å². The summed E-state index contributed by atoms with van der Waals surface area (Å²) in [5.74, 6) is 0.910. The highest BCUT2D eigenvalue weighted by molar-refractivity contribution is 5.27. The van der Waals surface area contributed by atoms with Crippen molar-refractivity contribution in [1.29, 1.82) is 0 Å². The minimum atomic E-state index is 0.0429. The van der Waals surface area contributed by atoms with Crippen LogP contribution < -0.4 is 10.5 Å². The van der Waals surface area contributed by atoms with Gasteiger partial charge in [0.2, 0.25) is 0 Å². The Morgan fingerprint density at radius 1 is 1.22 bits per heavy atom. The molecule has 3 nitrogen and oxygen atoms in total. The molecule has 18 heavy (non-hydrogen) atoms. The molecule has 0 radical (unpaired) electrons. The summed E-state index contributed by atoms with van der Waals surface area (Å²) in [5, 5.41) is 0. The van der Waals surface area contributed by atoms with E-state index in [4.69, 9.17) is 10.5 Å². The number of benzene rings is 1. The number of hydrogen-bond donors (Lipinski definition) is 1. The van der Waals surface area contributed by atoms with E-state index in [0.717, 1.165) is 18.8 Å². The highest BCUT2D eigenvalue weighted by Crippen LogP contribution is 2.28. The van der Waals surface area contributed by atoms with E-state index in [1.807, 2.05) is 12.1 Å². The van der Waals surface area contributed by atoms with Crippen LogP contribution in [0.3, 0.4) is 0 Å². The van der Waals surface area contributed by atoms with Crippen molar-refractivity contribution >= 4 is 0 Å². The average Bonchev–Trinajstić information content (AvgIpc) is 2.76. The zero-order valence-corrected chi connectivity index (χ0v) is 11.5. The number of nitrogens with two attached hydrogens (primary N) is 1. The van der Waals surface area contributed by atoms with Gasteiger partial charge in [0, 0.05) is 18.6 Å². The van der Waals surface area contributed by atoms with E-state index in [2.05, 4.69) is 24.1 Å². The summed E-state index contributed by atoms with van der Waals surface area (Å²) in [6, 6.07) is 8.26. The first kappa shape index (κ1) is 13.4. The van der Waals surface area contributed by atoms with Gasteiger partial charge >= 0.3 is 0 Å². The van der Waals surface area contributed by atoms with Crippen LogP contribution in [0.4, 0.5) is 0 Å². The second kappa shape index (κ2) is 5.72. The van der Waals surface area contributed by atoms with Gasteiger partial charge in [0.25, 0.3) is 0 Å². The maximum atomic E-state index is 6.40. The zero-order valence-electron chi connectivity index (χ0n) is 11.5. The van der Waals surface area contributed by atoms with Gasteiger partial charge in [-0.25, -0.2) is 0 Å². The smallest absolute Gasteiger partial charge is 0.118 e. The lowest BCUT2D eigenvalue weighted by Gasteiger charge is -2.29. The summed E-state index contributed by atoms with van der Waals surface area (Å²) < 4.78 is 5.16. The van der Waals surface area contributed by atoms with Crippen molar-refractivity contribution in [2.24, 2.45) is 5.73 Å². The summed E-state index contributed by atoms with van der Waals surface area (Å²) in [6.45, 7) is 1.93. The normalized spacial score (nSPS) is 18.2. The minimum Gasteiger partial charge on any atom is -0.497 e. The lowest BCUT2D eigenvalue weighted by atomic mass is 9.98. The van der Waals surface area contributed by atoms with Crippen molar-refractivity contribution < 1.29 is 4.74 Å². The van der Waals surface area contributed by atoms with E-state index in [-0.39, 0.29) is 5.54 Å². The van der Waals surface area contributed by atoms with Crippen LogP contribution >= 0.6 is 0 Å². The van der Waals surface area contributed by atoms with Crippen molar-refractivity contribution in [3.63, 3.8) is 0 Å². The van der Waals surface area contributed by atoms with E-state index in [0.29, 0.717) is 0 Å². The Morgan fingerprint density at radius 2 is 1.83 bits per heavy atom. The molecule has 1 aromatic carbocycles. The largest absolute Gasteiger partial charge is 0.497 e. The van der Waals surface area contributed by atoms with Crippen LogP contribution in [0.15, 0.2) is 24.3 Å². The Balaban J connectivity index is 1.88. The molecule has 1 fully saturated rings. The lowest BCUT2D eigenvalue weighted by Crippen LogP contribution is -2.46. The Bertz CT molecular complexity index is 369. The molecule has 0 bridgehead atoms. The first-order valence-electron chi connectivity index (χ1n) is 6.72. The summed E-state index contributed by atoms with van der Waals surface area (Å²) in [6.07, 6.45) is 4.90. The number of rotatable bonds is 5. The van der Waals surface area contributed by atoms with Crippen LogP contribution in [-0.4, -0.2) is 31.1 Å². The van der Waals surface area contributed by atoms with Crippen LogP contribution in [0.1, 0.15) is 31.2 Å². The first-order valence-corrected chi connectivity index (χ1v) is 6.72. The fourth-order valence-electron chi connectivity index (χ4n) is 2.87. The molecular formula is C15H24N2O. The van der Waals surface area contributed by atoms with Gasteiger partial charge in [-0.2, -0.15) is 0 Å². The third-order valence-electron chi connectivity index (χ3n) is 3.80. The molecule has 0 heterocycles. The van der Waals surface area contributed by atoms with E-state index in [1.54, 1.807) is 7.11 Å². The molecule has 1 aromatic rings. The van der Waals surface area contributed by atoms with Crippen LogP contribution in [0.5, 0.6) is 5.75 Å². The Hall–Kier alpha value is -1.06. The Labute approximate surface area is 110 Å². The number of hydrogen-bond acceptors (Lipinski definition) is 3. The molecule has 100 valence electrons. The molecule has 0 amide bonds. The molecule has 0 saturated heterocycles. The number of likely N-dealkylation sites (N-methyl/N-ethyl adjacent to an activating group) is 1. The molecule has 2 N–H and O–H groups in total. The fourth-order valence-corrected chi connectivity index (χ4v) is 2.87. The monoisotopic (exact) mass is 248 g/mol. The highest BCUT2D eigenvalue weighted by atomic mass is 16.5. The molecule has 1 saturated carbocycles. The Kier molecular flexibility index (Phi) is 4.25. The highest BCUT2D eigenvalue weighted by Gasteiger charge is 2.30. The van der Waals surface area contributed by atoms with Crippen molar-refractivity contribution in [3.8, 4) is 5.75 Å². The summed E-state index contributed by atoms with van der Waals surface area (Å²) >= 11 is 0. The summed E-state index contributed by atoms with van der Waals surface area (Å²) in [5.41, 5.74) is 7.75. The first-order chi connectivity index (χ1) is 8.61.